The van der Waals surface area contributed by atoms with Crippen LogP contribution >= 0.6 is 0 Å². The minimum Gasteiger partial charge on any atom is -0.364 e. The van der Waals surface area contributed by atoms with E-state index in [1.807, 2.05) is 0 Å². The van der Waals surface area contributed by atoms with Gasteiger partial charge in [0.1, 0.15) is 5.69 Å². The summed E-state index contributed by atoms with van der Waals surface area (Å²) >= 11 is 0. The van der Waals surface area contributed by atoms with Crippen LogP contribution in [0.1, 0.15) is 16.1 Å². The molecule has 1 aromatic heterocycles. The number of hydrogen-bond acceptors (Lipinski definition) is 2. The van der Waals surface area contributed by atoms with Crippen molar-refractivity contribution in [3.05, 3.63) is 29.6 Å². The van der Waals surface area contributed by atoms with E-state index < -0.39 is 23.3 Å². The summed E-state index contributed by atoms with van der Waals surface area (Å²) in [6, 6.07) is 1.38. The lowest BCUT2D eigenvalue weighted by Crippen LogP contribution is -2.15. The molecule has 0 atom stereocenters. The minimum atomic E-state index is -4.48. The molecule has 2 N–H and O–H groups in total. The van der Waals surface area contributed by atoms with Crippen molar-refractivity contribution in [1.82, 2.24) is 4.98 Å². The number of aromatic nitrogens is 1. The fraction of sp³-hybridized carbons (Fsp3) is 0.143. The van der Waals surface area contributed by atoms with Crippen LogP contribution in [-0.2, 0) is 6.18 Å². The van der Waals surface area contributed by atoms with Crippen molar-refractivity contribution in [2.24, 2.45) is 5.73 Å². The van der Waals surface area contributed by atoms with Gasteiger partial charge in [-0.1, -0.05) is 0 Å². The summed E-state index contributed by atoms with van der Waals surface area (Å²) < 4.78 is 36.2. The van der Waals surface area contributed by atoms with E-state index in [-0.39, 0.29) is 0 Å². The maximum Gasteiger partial charge on any atom is 0.416 e. The average Bonchev–Trinajstić information content (AvgIpc) is 2.03. The van der Waals surface area contributed by atoms with Crippen LogP contribution in [0.5, 0.6) is 0 Å². The number of pyridine rings is 1. The highest BCUT2D eigenvalue weighted by molar-refractivity contribution is 5.90. The van der Waals surface area contributed by atoms with Crippen molar-refractivity contribution in [2.75, 3.05) is 0 Å². The third kappa shape index (κ3) is 2.17. The van der Waals surface area contributed by atoms with E-state index in [1.165, 1.54) is 0 Å². The first-order chi connectivity index (χ1) is 5.91. The van der Waals surface area contributed by atoms with Crippen molar-refractivity contribution in [3.63, 3.8) is 0 Å². The lowest BCUT2D eigenvalue weighted by atomic mass is 10.2. The molecular weight excluding hydrogens is 185 g/mol. The monoisotopic (exact) mass is 190 g/mol. The number of rotatable bonds is 1. The van der Waals surface area contributed by atoms with E-state index in [0.717, 1.165) is 12.3 Å². The van der Waals surface area contributed by atoms with Crippen LogP contribution < -0.4 is 5.73 Å². The second-order valence-electron chi connectivity index (χ2n) is 2.29. The van der Waals surface area contributed by atoms with Gasteiger partial charge >= 0.3 is 6.18 Å². The van der Waals surface area contributed by atoms with Crippen molar-refractivity contribution < 1.29 is 18.0 Å². The number of carbonyl (C=O) groups is 1. The molecule has 0 aromatic carbocycles. The van der Waals surface area contributed by atoms with Crippen LogP contribution in [0.25, 0.3) is 0 Å². The SMILES string of the molecule is NC(=O)c1cc(C(F)(F)F)ccn1. The second kappa shape index (κ2) is 3.04. The number of amides is 1. The number of nitrogens with two attached hydrogens (primary N) is 1. The van der Waals surface area contributed by atoms with Crippen molar-refractivity contribution in [3.8, 4) is 0 Å². The fourth-order valence-electron chi connectivity index (χ4n) is 0.742. The molecule has 0 spiro atoms. The standard InChI is InChI=1S/C7H5F3N2O/c8-7(9,10)4-1-2-12-5(3-4)6(11)13/h1-3H,(H2,11,13). The Balaban J connectivity index is 3.13. The molecule has 1 heterocycles. The molecule has 1 rings (SSSR count). The Labute approximate surface area is 71.4 Å². The molecule has 0 bridgehead atoms. The number of nitrogens with zero attached hydrogens (tertiary/aromatic N) is 1. The molecule has 0 saturated heterocycles. The second-order valence-corrected chi connectivity index (χ2v) is 2.29. The first-order valence-electron chi connectivity index (χ1n) is 3.24. The van der Waals surface area contributed by atoms with Crippen LogP contribution in [0.4, 0.5) is 13.2 Å². The summed E-state index contributed by atoms with van der Waals surface area (Å²) in [5.74, 6) is -0.980. The zero-order valence-electron chi connectivity index (χ0n) is 6.30. The zero-order chi connectivity index (χ0) is 10.1. The lowest BCUT2D eigenvalue weighted by Gasteiger charge is -2.05. The van der Waals surface area contributed by atoms with E-state index >= 15 is 0 Å². The molecular formula is C7H5F3N2O. The van der Waals surface area contributed by atoms with Gasteiger partial charge < -0.3 is 5.73 Å². The van der Waals surface area contributed by atoms with Crippen LogP contribution in [0.2, 0.25) is 0 Å². The summed E-state index contributed by atoms with van der Waals surface area (Å²) in [5, 5.41) is 0. The molecule has 6 heteroatoms. The minimum absolute atomic E-state index is 0.394. The van der Waals surface area contributed by atoms with Gasteiger partial charge in [0.05, 0.1) is 5.56 Å². The van der Waals surface area contributed by atoms with E-state index in [0.29, 0.717) is 6.07 Å². The predicted octanol–water partition coefficient (Wildman–Crippen LogP) is 1.20. The molecule has 70 valence electrons. The van der Waals surface area contributed by atoms with Gasteiger partial charge in [-0.25, -0.2) is 0 Å². The van der Waals surface area contributed by atoms with Gasteiger partial charge in [-0.15, -0.1) is 0 Å². The predicted molar refractivity (Wildman–Crippen MR) is 37.8 cm³/mol. The maximum absolute atomic E-state index is 12.1. The van der Waals surface area contributed by atoms with Gasteiger partial charge in [-0.3, -0.25) is 9.78 Å². The molecule has 0 aliphatic rings. The number of hydrogen-bond donors (Lipinski definition) is 1. The van der Waals surface area contributed by atoms with E-state index in [4.69, 9.17) is 5.73 Å². The average molecular weight is 190 g/mol. The third-order valence-electron chi connectivity index (χ3n) is 1.34. The number of primary amides is 1. The van der Waals surface area contributed by atoms with Crippen molar-refractivity contribution in [1.29, 1.82) is 0 Å². The zero-order valence-corrected chi connectivity index (χ0v) is 6.30. The Bertz CT molecular complexity index is 335. The van der Waals surface area contributed by atoms with Crippen LogP contribution in [0, 0.1) is 0 Å². The van der Waals surface area contributed by atoms with Gasteiger partial charge in [-0.05, 0) is 12.1 Å². The van der Waals surface area contributed by atoms with Gasteiger partial charge in [-0.2, -0.15) is 13.2 Å². The van der Waals surface area contributed by atoms with Gasteiger partial charge in [0.15, 0.2) is 0 Å². The van der Waals surface area contributed by atoms with E-state index in [2.05, 4.69) is 4.98 Å². The van der Waals surface area contributed by atoms with E-state index in [9.17, 15) is 18.0 Å². The molecule has 0 saturated carbocycles. The topological polar surface area (TPSA) is 56.0 Å². The Hall–Kier alpha value is -1.59. The number of alkyl halides is 3. The molecule has 3 nitrogen and oxygen atoms in total. The smallest absolute Gasteiger partial charge is 0.364 e. The van der Waals surface area contributed by atoms with E-state index in [1.54, 1.807) is 0 Å². The molecule has 1 aromatic rings. The highest BCUT2D eigenvalue weighted by Crippen LogP contribution is 2.28. The number of halogens is 3. The molecule has 0 aliphatic heterocycles. The maximum atomic E-state index is 12.1. The number of carbonyl (C=O) groups excluding carboxylic acids is 1. The van der Waals surface area contributed by atoms with Crippen molar-refractivity contribution in [2.45, 2.75) is 6.18 Å². The van der Waals surface area contributed by atoms with Crippen LogP contribution in [0.15, 0.2) is 18.3 Å². The summed E-state index contributed by atoms with van der Waals surface area (Å²) in [5.41, 5.74) is 3.43. The lowest BCUT2D eigenvalue weighted by molar-refractivity contribution is -0.137. The first kappa shape index (κ1) is 9.50. The Kier molecular flexibility index (Phi) is 2.22. The molecule has 13 heavy (non-hydrogen) atoms. The summed E-state index contributed by atoms with van der Waals surface area (Å²) in [6.45, 7) is 0. The molecule has 0 radical (unpaired) electrons. The molecule has 1 amide bonds. The summed E-state index contributed by atoms with van der Waals surface area (Å²) in [4.78, 5) is 13.9. The fourth-order valence-corrected chi connectivity index (χ4v) is 0.742. The summed E-state index contributed by atoms with van der Waals surface area (Å²) in [7, 11) is 0. The quantitative estimate of drug-likeness (QED) is 0.723. The Morgan fingerprint density at radius 3 is 2.54 bits per heavy atom. The molecule has 0 fully saturated rings. The van der Waals surface area contributed by atoms with Gasteiger partial charge in [0.2, 0.25) is 0 Å². The highest BCUT2D eigenvalue weighted by Gasteiger charge is 2.30. The third-order valence-corrected chi connectivity index (χ3v) is 1.34. The van der Waals surface area contributed by atoms with Crippen LogP contribution in [0.3, 0.4) is 0 Å². The molecule has 0 unspecified atom stereocenters. The normalized spacial score (nSPS) is 11.3. The van der Waals surface area contributed by atoms with Crippen LogP contribution in [-0.4, -0.2) is 10.9 Å². The molecule has 0 aliphatic carbocycles. The highest BCUT2D eigenvalue weighted by atomic mass is 19.4. The van der Waals surface area contributed by atoms with Gasteiger partial charge in [0, 0.05) is 6.20 Å². The Morgan fingerprint density at radius 2 is 2.08 bits per heavy atom. The summed E-state index contributed by atoms with van der Waals surface area (Å²) in [6.07, 6.45) is -3.59. The largest absolute Gasteiger partial charge is 0.416 e. The Morgan fingerprint density at radius 1 is 1.46 bits per heavy atom. The van der Waals surface area contributed by atoms with Crippen molar-refractivity contribution >= 4 is 5.91 Å². The van der Waals surface area contributed by atoms with Gasteiger partial charge in [0.25, 0.3) is 5.91 Å². The first-order valence-corrected chi connectivity index (χ1v) is 3.24.